The van der Waals surface area contributed by atoms with E-state index in [0.29, 0.717) is 16.6 Å². The third kappa shape index (κ3) is 2.22. The average molecular weight is 228 g/mol. The molecule has 0 aliphatic carbocycles. The number of thiophene rings is 1. The monoisotopic (exact) mass is 228 g/mol. The van der Waals surface area contributed by atoms with Crippen LogP contribution in [0.15, 0.2) is 11.4 Å². The van der Waals surface area contributed by atoms with Crippen LogP contribution in [0.1, 0.15) is 16.1 Å². The Kier molecular flexibility index (Phi) is 2.98. The number of hydrogen-bond donors (Lipinski definition) is 2. The molecule has 3 N–H and O–H groups in total. The van der Waals surface area contributed by atoms with E-state index in [9.17, 15) is 4.79 Å². The summed E-state index contributed by atoms with van der Waals surface area (Å²) in [5.41, 5.74) is 6.22. The van der Waals surface area contributed by atoms with Crippen LogP contribution in [-0.4, -0.2) is 23.5 Å². The number of amides is 1. The predicted octanol–water partition coefficient (Wildman–Crippen LogP) is 1.57. The summed E-state index contributed by atoms with van der Waals surface area (Å²) in [7, 11) is 0. The molecule has 2 rings (SSSR count). The summed E-state index contributed by atoms with van der Waals surface area (Å²) in [5.74, 6) is 2.20. The van der Waals surface area contributed by atoms with Crippen LogP contribution in [0.25, 0.3) is 0 Å². The standard InChI is InChI=1S/C9H12N2OS2/c10-6-3-8(14-4-6)9(12)11-7-1-2-13-5-7/h3-4,7H,1-2,5,10H2,(H,11,12). The van der Waals surface area contributed by atoms with E-state index < -0.39 is 0 Å². The van der Waals surface area contributed by atoms with Gasteiger partial charge in [0.1, 0.15) is 0 Å². The highest BCUT2D eigenvalue weighted by Crippen LogP contribution is 2.19. The van der Waals surface area contributed by atoms with Gasteiger partial charge in [0.2, 0.25) is 0 Å². The van der Waals surface area contributed by atoms with Crippen molar-refractivity contribution in [2.75, 3.05) is 17.2 Å². The molecule has 0 aromatic carbocycles. The molecule has 0 spiro atoms. The molecule has 1 aliphatic rings. The van der Waals surface area contributed by atoms with E-state index in [-0.39, 0.29) is 5.91 Å². The van der Waals surface area contributed by atoms with Gasteiger partial charge in [0.25, 0.3) is 5.91 Å². The topological polar surface area (TPSA) is 55.1 Å². The first-order valence-corrected chi connectivity index (χ1v) is 6.52. The summed E-state index contributed by atoms with van der Waals surface area (Å²) in [6.45, 7) is 0. The number of carbonyl (C=O) groups is 1. The van der Waals surface area contributed by atoms with Gasteiger partial charge in [0.15, 0.2) is 0 Å². The lowest BCUT2D eigenvalue weighted by atomic mass is 10.2. The van der Waals surface area contributed by atoms with Gasteiger partial charge in [0.05, 0.1) is 4.88 Å². The Morgan fingerprint density at radius 1 is 1.64 bits per heavy atom. The van der Waals surface area contributed by atoms with Gasteiger partial charge >= 0.3 is 0 Å². The summed E-state index contributed by atoms with van der Waals surface area (Å²) in [5, 5.41) is 4.79. The van der Waals surface area contributed by atoms with E-state index in [0.717, 1.165) is 17.9 Å². The zero-order valence-electron chi connectivity index (χ0n) is 7.66. The highest BCUT2D eigenvalue weighted by molar-refractivity contribution is 7.99. The summed E-state index contributed by atoms with van der Waals surface area (Å²) in [4.78, 5) is 12.4. The average Bonchev–Trinajstić information content (AvgIpc) is 2.75. The zero-order chi connectivity index (χ0) is 9.97. The lowest BCUT2D eigenvalue weighted by Crippen LogP contribution is -2.34. The number of carbonyl (C=O) groups excluding carboxylic acids is 1. The number of nitrogens with one attached hydrogen (secondary N) is 1. The highest BCUT2D eigenvalue weighted by atomic mass is 32.2. The van der Waals surface area contributed by atoms with Crippen LogP contribution in [0.4, 0.5) is 5.69 Å². The Hall–Kier alpha value is -0.680. The Morgan fingerprint density at radius 3 is 3.07 bits per heavy atom. The summed E-state index contributed by atoms with van der Waals surface area (Å²) in [6.07, 6.45) is 1.08. The van der Waals surface area contributed by atoms with Crippen molar-refractivity contribution < 1.29 is 4.79 Å². The maximum atomic E-state index is 11.6. The van der Waals surface area contributed by atoms with Crippen LogP contribution in [0.2, 0.25) is 0 Å². The summed E-state index contributed by atoms with van der Waals surface area (Å²) >= 11 is 3.29. The third-order valence-corrected chi connectivity index (χ3v) is 4.22. The zero-order valence-corrected chi connectivity index (χ0v) is 9.29. The van der Waals surface area contributed by atoms with Gasteiger partial charge in [-0.15, -0.1) is 11.3 Å². The van der Waals surface area contributed by atoms with Gasteiger partial charge < -0.3 is 11.1 Å². The molecular formula is C9H12N2OS2. The van der Waals surface area contributed by atoms with Gasteiger partial charge in [-0.1, -0.05) is 0 Å². The fraction of sp³-hybridized carbons (Fsp3) is 0.444. The van der Waals surface area contributed by atoms with E-state index in [4.69, 9.17) is 5.73 Å². The molecular weight excluding hydrogens is 216 g/mol. The van der Waals surface area contributed by atoms with Crippen LogP contribution in [0.3, 0.4) is 0 Å². The van der Waals surface area contributed by atoms with E-state index in [1.54, 1.807) is 11.4 Å². The van der Waals surface area contributed by atoms with Gasteiger partial charge in [0, 0.05) is 22.9 Å². The van der Waals surface area contributed by atoms with Crippen molar-refractivity contribution in [3.05, 3.63) is 16.3 Å². The van der Waals surface area contributed by atoms with Gasteiger partial charge in [-0.05, 0) is 18.2 Å². The maximum Gasteiger partial charge on any atom is 0.261 e. The molecule has 0 radical (unpaired) electrons. The summed E-state index contributed by atoms with van der Waals surface area (Å²) < 4.78 is 0. The second kappa shape index (κ2) is 4.23. The molecule has 5 heteroatoms. The number of rotatable bonds is 2. The molecule has 0 saturated carbocycles. The van der Waals surface area contributed by atoms with Crippen LogP contribution in [0, 0.1) is 0 Å². The number of anilines is 1. The first kappa shape index (κ1) is 9.86. The minimum Gasteiger partial charge on any atom is -0.398 e. The fourth-order valence-corrected chi connectivity index (χ4v) is 3.23. The smallest absolute Gasteiger partial charge is 0.261 e. The van der Waals surface area contributed by atoms with Crippen LogP contribution < -0.4 is 11.1 Å². The Bertz CT molecular complexity index is 331. The highest BCUT2D eigenvalue weighted by Gasteiger charge is 2.18. The van der Waals surface area contributed by atoms with E-state index in [1.807, 2.05) is 11.8 Å². The SMILES string of the molecule is Nc1csc(C(=O)NC2CCSC2)c1. The molecule has 1 fully saturated rings. The van der Waals surface area contributed by atoms with Crippen LogP contribution in [-0.2, 0) is 0 Å². The second-order valence-electron chi connectivity index (χ2n) is 3.28. The van der Waals surface area contributed by atoms with E-state index >= 15 is 0 Å². The second-order valence-corrected chi connectivity index (χ2v) is 5.34. The number of nitrogens with two attached hydrogens (primary N) is 1. The molecule has 1 aromatic heterocycles. The molecule has 3 nitrogen and oxygen atoms in total. The number of nitrogen functional groups attached to an aromatic ring is 1. The molecule has 1 unspecified atom stereocenters. The van der Waals surface area contributed by atoms with Crippen LogP contribution >= 0.6 is 23.1 Å². The predicted molar refractivity (Wildman–Crippen MR) is 61.9 cm³/mol. The van der Waals surface area contributed by atoms with Gasteiger partial charge in [-0.2, -0.15) is 11.8 Å². The Balaban J connectivity index is 1.95. The van der Waals surface area contributed by atoms with Crippen molar-refractivity contribution in [2.45, 2.75) is 12.5 Å². The lowest BCUT2D eigenvalue weighted by molar-refractivity contribution is 0.0945. The van der Waals surface area contributed by atoms with Crippen LogP contribution in [0.5, 0.6) is 0 Å². The molecule has 2 heterocycles. The summed E-state index contributed by atoms with van der Waals surface area (Å²) in [6, 6.07) is 2.07. The van der Waals surface area contributed by atoms with Crippen molar-refractivity contribution in [1.82, 2.24) is 5.32 Å². The van der Waals surface area contributed by atoms with Crippen molar-refractivity contribution in [2.24, 2.45) is 0 Å². The molecule has 1 aromatic rings. The molecule has 1 atom stereocenters. The quantitative estimate of drug-likeness (QED) is 0.808. The fourth-order valence-electron chi connectivity index (χ4n) is 1.37. The third-order valence-electron chi connectivity index (χ3n) is 2.11. The Morgan fingerprint density at radius 2 is 2.50 bits per heavy atom. The van der Waals surface area contributed by atoms with Crippen molar-refractivity contribution in [3.63, 3.8) is 0 Å². The first-order valence-electron chi connectivity index (χ1n) is 4.48. The largest absolute Gasteiger partial charge is 0.398 e. The maximum absolute atomic E-state index is 11.6. The first-order chi connectivity index (χ1) is 6.75. The van der Waals surface area contributed by atoms with Crippen molar-refractivity contribution >= 4 is 34.7 Å². The molecule has 1 amide bonds. The Labute approximate surface area is 91.1 Å². The van der Waals surface area contributed by atoms with E-state index in [2.05, 4.69) is 5.32 Å². The number of thioether (sulfide) groups is 1. The number of hydrogen-bond acceptors (Lipinski definition) is 4. The minimum absolute atomic E-state index is 0.0131. The lowest BCUT2D eigenvalue weighted by Gasteiger charge is -2.09. The van der Waals surface area contributed by atoms with E-state index in [1.165, 1.54) is 11.3 Å². The van der Waals surface area contributed by atoms with Gasteiger partial charge in [-0.25, -0.2) is 0 Å². The minimum atomic E-state index is 0.0131. The van der Waals surface area contributed by atoms with Gasteiger partial charge in [-0.3, -0.25) is 4.79 Å². The molecule has 1 saturated heterocycles. The molecule has 14 heavy (non-hydrogen) atoms. The van der Waals surface area contributed by atoms with Crippen molar-refractivity contribution in [3.8, 4) is 0 Å². The van der Waals surface area contributed by atoms with Crippen molar-refractivity contribution in [1.29, 1.82) is 0 Å². The molecule has 0 bridgehead atoms. The normalized spacial score (nSPS) is 21.0. The molecule has 76 valence electrons. The molecule has 1 aliphatic heterocycles.